The van der Waals surface area contributed by atoms with Gasteiger partial charge in [0.2, 0.25) is 5.91 Å². The molecule has 1 amide bonds. The standard InChI is InChI=1S/C22H18FNO2/c1-24(14-15-7-6-8-16(23)13-15)22(25)21-17-9-2-4-11-19(17)26-20-12-5-3-10-18(20)21/h2-13,21H,14H2,1H3. The normalized spacial score (nSPS) is 12.7. The number of amides is 1. The number of ether oxygens (including phenoxy) is 1. The topological polar surface area (TPSA) is 29.5 Å². The molecule has 3 aromatic carbocycles. The number of likely N-dealkylation sites (N-methyl/N-ethyl adjacent to an activating group) is 1. The van der Waals surface area contributed by atoms with E-state index in [1.807, 2.05) is 54.6 Å². The Hall–Kier alpha value is -3.14. The lowest BCUT2D eigenvalue weighted by molar-refractivity contribution is -0.131. The van der Waals surface area contributed by atoms with Gasteiger partial charge in [0.25, 0.3) is 0 Å². The second-order valence-corrected chi connectivity index (χ2v) is 6.43. The van der Waals surface area contributed by atoms with E-state index in [1.165, 1.54) is 12.1 Å². The number of carbonyl (C=O) groups is 1. The first-order chi connectivity index (χ1) is 12.6. The Morgan fingerprint density at radius 3 is 2.19 bits per heavy atom. The van der Waals surface area contributed by atoms with Crippen LogP contribution in [0.1, 0.15) is 22.6 Å². The molecule has 0 N–H and O–H groups in total. The molecule has 1 aliphatic rings. The zero-order valence-corrected chi connectivity index (χ0v) is 14.4. The molecular weight excluding hydrogens is 329 g/mol. The molecule has 0 aromatic heterocycles. The van der Waals surface area contributed by atoms with Crippen LogP contribution in [0, 0.1) is 5.82 Å². The molecule has 0 aliphatic carbocycles. The molecule has 4 rings (SSSR count). The van der Waals surface area contributed by atoms with E-state index in [1.54, 1.807) is 18.0 Å². The van der Waals surface area contributed by atoms with Crippen LogP contribution in [0.15, 0.2) is 72.8 Å². The van der Waals surface area contributed by atoms with E-state index in [9.17, 15) is 9.18 Å². The molecule has 130 valence electrons. The highest BCUT2D eigenvalue weighted by Gasteiger charge is 2.34. The second-order valence-electron chi connectivity index (χ2n) is 6.43. The van der Waals surface area contributed by atoms with E-state index in [0.29, 0.717) is 18.0 Å². The zero-order chi connectivity index (χ0) is 18.1. The molecule has 3 aromatic rings. The summed E-state index contributed by atoms with van der Waals surface area (Å²) in [6.45, 7) is 0.346. The van der Waals surface area contributed by atoms with Gasteiger partial charge in [0, 0.05) is 24.7 Å². The Kier molecular flexibility index (Phi) is 4.17. The summed E-state index contributed by atoms with van der Waals surface area (Å²) < 4.78 is 19.4. The van der Waals surface area contributed by atoms with Crippen LogP contribution in [0.5, 0.6) is 11.5 Å². The molecule has 0 unspecified atom stereocenters. The Balaban J connectivity index is 1.69. The van der Waals surface area contributed by atoms with Crippen molar-refractivity contribution in [2.45, 2.75) is 12.5 Å². The average molecular weight is 347 g/mol. The minimum absolute atomic E-state index is 0.0440. The predicted molar refractivity (Wildman–Crippen MR) is 97.7 cm³/mol. The lowest BCUT2D eigenvalue weighted by Crippen LogP contribution is -2.33. The fourth-order valence-corrected chi connectivity index (χ4v) is 3.38. The predicted octanol–water partition coefficient (Wildman–Crippen LogP) is 4.72. The second kappa shape index (κ2) is 6.64. The average Bonchev–Trinajstić information content (AvgIpc) is 2.65. The fourth-order valence-electron chi connectivity index (χ4n) is 3.38. The summed E-state index contributed by atoms with van der Waals surface area (Å²) >= 11 is 0. The van der Waals surface area contributed by atoms with Gasteiger partial charge in [-0.15, -0.1) is 0 Å². The number of nitrogens with zero attached hydrogens (tertiary/aromatic N) is 1. The van der Waals surface area contributed by atoms with Gasteiger partial charge in [-0.2, -0.15) is 0 Å². The van der Waals surface area contributed by atoms with Gasteiger partial charge in [-0.05, 0) is 29.8 Å². The number of fused-ring (bicyclic) bond motifs is 2. The Labute approximate surface area is 151 Å². The van der Waals surface area contributed by atoms with Crippen LogP contribution in [0.25, 0.3) is 0 Å². The van der Waals surface area contributed by atoms with Gasteiger partial charge in [0.05, 0.1) is 5.92 Å². The van der Waals surface area contributed by atoms with Crippen LogP contribution >= 0.6 is 0 Å². The molecule has 0 radical (unpaired) electrons. The lowest BCUT2D eigenvalue weighted by Gasteiger charge is -2.30. The summed E-state index contributed by atoms with van der Waals surface area (Å²) in [4.78, 5) is 14.9. The molecule has 0 fully saturated rings. The molecule has 0 bridgehead atoms. The quantitative estimate of drug-likeness (QED) is 0.686. The summed E-state index contributed by atoms with van der Waals surface area (Å²) in [6.07, 6.45) is 0. The minimum atomic E-state index is -0.435. The molecule has 0 atom stereocenters. The number of benzene rings is 3. The molecule has 1 heterocycles. The molecule has 26 heavy (non-hydrogen) atoms. The van der Waals surface area contributed by atoms with Gasteiger partial charge in [-0.3, -0.25) is 4.79 Å². The van der Waals surface area contributed by atoms with Crippen LogP contribution in [0.4, 0.5) is 4.39 Å². The maximum atomic E-state index is 13.4. The fraction of sp³-hybridized carbons (Fsp3) is 0.136. The maximum Gasteiger partial charge on any atom is 0.234 e. The van der Waals surface area contributed by atoms with E-state index in [0.717, 1.165) is 16.7 Å². The maximum absolute atomic E-state index is 13.4. The van der Waals surface area contributed by atoms with Crippen LogP contribution < -0.4 is 4.74 Å². The van der Waals surface area contributed by atoms with Crippen molar-refractivity contribution >= 4 is 5.91 Å². The van der Waals surface area contributed by atoms with E-state index >= 15 is 0 Å². The van der Waals surface area contributed by atoms with Crippen LogP contribution in [-0.4, -0.2) is 17.9 Å². The molecule has 1 aliphatic heterocycles. The van der Waals surface area contributed by atoms with Crippen molar-refractivity contribution in [3.05, 3.63) is 95.3 Å². The van der Waals surface area contributed by atoms with E-state index in [2.05, 4.69) is 0 Å². The van der Waals surface area contributed by atoms with Crippen molar-refractivity contribution < 1.29 is 13.9 Å². The van der Waals surface area contributed by atoms with Crippen molar-refractivity contribution in [3.8, 4) is 11.5 Å². The van der Waals surface area contributed by atoms with Crippen molar-refractivity contribution in [2.75, 3.05) is 7.05 Å². The van der Waals surface area contributed by atoms with Gasteiger partial charge in [-0.25, -0.2) is 4.39 Å². The van der Waals surface area contributed by atoms with Gasteiger partial charge in [0.1, 0.15) is 17.3 Å². The zero-order valence-electron chi connectivity index (χ0n) is 14.4. The van der Waals surface area contributed by atoms with Crippen molar-refractivity contribution in [2.24, 2.45) is 0 Å². The lowest BCUT2D eigenvalue weighted by atomic mass is 9.87. The number of para-hydroxylation sites is 2. The summed E-state index contributed by atoms with van der Waals surface area (Å²) in [7, 11) is 1.74. The summed E-state index contributed by atoms with van der Waals surface area (Å²) in [5, 5.41) is 0. The first-order valence-corrected chi connectivity index (χ1v) is 8.48. The van der Waals surface area contributed by atoms with Crippen molar-refractivity contribution in [1.82, 2.24) is 4.90 Å². The molecule has 0 saturated carbocycles. The van der Waals surface area contributed by atoms with Crippen LogP contribution in [0.2, 0.25) is 0 Å². The number of hydrogen-bond donors (Lipinski definition) is 0. The largest absolute Gasteiger partial charge is 0.457 e. The first kappa shape index (κ1) is 16.3. The number of halogens is 1. The minimum Gasteiger partial charge on any atom is -0.457 e. The summed E-state index contributed by atoms with van der Waals surface area (Å²) in [5.74, 6) is 0.615. The van der Waals surface area contributed by atoms with Gasteiger partial charge in [0.15, 0.2) is 0 Å². The Morgan fingerprint density at radius 1 is 0.962 bits per heavy atom. The monoisotopic (exact) mass is 347 g/mol. The molecule has 0 saturated heterocycles. The van der Waals surface area contributed by atoms with E-state index in [-0.39, 0.29) is 11.7 Å². The van der Waals surface area contributed by atoms with Crippen LogP contribution in [0.3, 0.4) is 0 Å². The van der Waals surface area contributed by atoms with E-state index < -0.39 is 5.92 Å². The van der Waals surface area contributed by atoms with Crippen molar-refractivity contribution in [3.63, 3.8) is 0 Å². The number of rotatable bonds is 3. The van der Waals surface area contributed by atoms with Gasteiger partial charge < -0.3 is 9.64 Å². The Morgan fingerprint density at radius 2 is 1.58 bits per heavy atom. The van der Waals surface area contributed by atoms with Gasteiger partial charge in [-0.1, -0.05) is 48.5 Å². The molecule has 0 spiro atoms. The summed E-state index contributed by atoms with van der Waals surface area (Å²) in [6, 6.07) is 21.5. The Bertz CT molecular complexity index is 924. The van der Waals surface area contributed by atoms with E-state index in [4.69, 9.17) is 4.74 Å². The third-order valence-corrected chi connectivity index (χ3v) is 4.61. The molecular formula is C22H18FNO2. The van der Waals surface area contributed by atoms with Gasteiger partial charge >= 0.3 is 0 Å². The highest BCUT2D eigenvalue weighted by molar-refractivity contribution is 5.89. The molecule has 4 heteroatoms. The highest BCUT2D eigenvalue weighted by atomic mass is 19.1. The SMILES string of the molecule is CN(Cc1cccc(F)c1)C(=O)C1c2ccccc2Oc2ccccc21. The van der Waals surface area contributed by atoms with Crippen LogP contribution in [-0.2, 0) is 11.3 Å². The smallest absolute Gasteiger partial charge is 0.234 e. The highest BCUT2D eigenvalue weighted by Crippen LogP contribution is 2.44. The number of carbonyl (C=O) groups excluding carboxylic acids is 1. The van der Waals surface area contributed by atoms with Crippen molar-refractivity contribution in [1.29, 1.82) is 0 Å². The third-order valence-electron chi connectivity index (χ3n) is 4.61. The molecule has 3 nitrogen and oxygen atoms in total. The first-order valence-electron chi connectivity index (χ1n) is 8.48. The summed E-state index contributed by atoms with van der Waals surface area (Å²) in [5.41, 5.74) is 2.46. The third kappa shape index (κ3) is 2.94. The number of hydrogen-bond acceptors (Lipinski definition) is 2.